The van der Waals surface area contributed by atoms with Crippen LogP contribution in [-0.2, 0) is 9.53 Å². The maximum absolute atomic E-state index is 11.7. The van der Waals surface area contributed by atoms with Crippen molar-refractivity contribution in [1.29, 1.82) is 0 Å². The predicted octanol–water partition coefficient (Wildman–Crippen LogP) is 0.753. The summed E-state index contributed by atoms with van der Waals surface area (Å²) in [6.45, 7) is 5.42. The lowest BCUT2D eigenvalue weighted by Crippen LogP contribution is -2.53. The molecule has 0 aromatic heterocycles. The van der Waals surface area contributed by atoms with Gasteiger partial charge in [-0.3, -0.25) is 4.79 Å². The van der Waals surface area contributed by atoms with Crippen LogP contribution in [0.4, 0.5) is 4.79 Å². The first-order valence-corrected chi connectivity index (χ1v) is 6.69. The van der Waals surface area contributed by atoms with E-state index < -0.39 is 11.7 Å². The Kier molecular flexibility index (Phi) is 5.17. The van der Waals surface area contributed by atoms with E-state index in [0.717, 1.165) is 12.8 Å². The van der Waals surface area contributed by atoms with Gasteiger partial charge in [-0.2, -0.15) is 0 Å². The lowest BCUT2D eigenvalue weighted by atomic mass is 9.82. The Morgan fingerprint density at radius 2 is 1.89 bits per heavy atom. The number of hydrogen-bond donors (Lipinski definition) is 3. The fourth-order valence-electron chi connectivity index (χ4n) is 2.26. The van der Waals surface area contributed by atoms with Crippen molar-refractivity contribution in [3.05, 3.63) is 0 Å². The van der Waals surface area contributed by atoms with Crippen molar-refractivity contribution in [2.45, 2.75) is 57.7 Å². The SMILES string of the molecule is CNC(=O)[C@H]1CC[C@H](N)[C@H](NC(=O)OC(C)(C)C)C1. The second kappa shape index (κ2) is 6.23. The normalized spacial score (nSPS) is 27.5. The molecule has 0 heterocycles. The molecule has 1 aliphatic rings. The molecule has 1 aliphatic carbocycles. The first-order valence-electron chi connectivity index (χ1n) is 6.69. The molecular weight excluding hydrogens is 246 g/mol. The van der Waals surface area contributed by atoms with Crippen LogP contribution in [-0.4, -0.2) is 36.7 Å². The van der Waals surface area contributed by atoms with Crippen molar-refractivity contribution in [3.63, 3.8) is 0 Å². The molecule has 0 aromatic rings. The van der Waals surface area contributed by atoms with Gasteiger partial charge in [-0.15, -0.1) is 0 Å². The van der Waals surface area contributed by atoms with Crippen LogP contribution in [0.2, 0.25) is 0 Å². The zero-order valence-electron chi connectivity index (χ0n) is 12.2. The number of nitrogens with two attached hydrogens (primary N) is 1. The Morgan fingerprint density at radius 3 is 2.42 bits per heavy atom. The molecule has 110 valence electrons. The lowest BCUT2D eigenvalue weighted by Gasteiger charge is -2.34. The molecule has 0 aliphatic heterocycles. The molecule has 0 aromatic carbocycles. The number of carbonyl (C=O) groups excluding carboxylic acids is 2. The molecule has 4 N–H and O–H groups in total. The van der Waals surface area contributed by atoms with Crippen LogP contribution in [0, 0.1) is 5.92 Å². The fourth-order valence-corrected chi connectivity index (χ4v) is 2.26. The second-order valence-electron chi connectivity index (χ2n) is 6.04. The summed E-state index contributed by atoms with van der Waals surface area (Å²) >= 11 is 0. The van der Waals surface area contributed by atoms with Gasteiger partial charge in [-0.25, -0.2) is 4.79 Å². The minimum absolute atomic E-state index is 0.00267. The highest BCUT2D eigenvalue weighted by Crippen LogP contribution is 2.24. The molecule has 6 heteroatoms. The van der Waals surface area contributed by atoms with Gasteiger partial charge >= 0.3 is 6.09 Å². The minimum Gasteiger partial charge on any atom is -0.444 e. The summed E-state index contributed by atoms with van der Waals surface area (Å²) in [6.07, 6.45) is 1.55. The Hall–Kier alpha value is -1.30. The standard InChI is InChI=1S/C13H25N3O3/c1-13(2,3)19-12(18)16-10-7-8(11(17)15-4)5-6-9(10)14/h8-10H,5-7,14H2,1-4H3,(H,15,17)(H,16,18)/t8-,9-,10+/m0/s1. The van der Waals surface area contributed by atoms with Gasteiger partial charge in [-0.05, 0) is 40.0 Å². The van der Waals surface area contributed by atoms with Crippen molar-refractivity contribution in [2.75, 3.05) is 7.05 Å². The maximum atomic E-state index is 11.7. The number of nitrogens with one attached hydrogen (secondary N) is 2. The van der Waals surface area contributed by atoms with E-state index in [4.69, 9.17) is 10.5 Å². The third kappa shape index (κ3) is 5.06. The Bertz CT molecular complexity index is 339. The Balaban J connectivity index is 2.55. The highest BCUT2D eigenvalue weighted by atomic mass is 16.6. The van der Waals surface area contributed by atoms with Crippen molar-refractivity contribution < 1.29 is 14.3 Å². The van der Waals surface area contributed by atoms with E-state index in [1.165, 1.54) is 0 Å². The average molecular weight is 271 g/mol. The number of amides is 2. The molecule has 2 amide bonds. The van der Waals surface area contributed by atoms with E-state index >= 15 is 0 Å². The maximum Gasteiger partial charge on any atom is 0.407 e. The molecule has 6 nitrogen and oxygen atoms in total. The highest BCUT2D eigenvalue weighted by Gasteiger charge is 2.33. The van der Waals surface area contributed by atoms with Crippen molar-refractivity contribution in [3.8, 4) is 0 Å². The topological polar surface area (TPSA) is 93.5 Å². The van der Waals surface area contributed by atoms with Gasteiger partial charge in [0.2, 0.25) is 5.91 Å². The van der Waals surface area contributed by atoms with Gasteiger partial charge in [0.05, 0.1) is 0 Å². The Labute approximate surface area is 114 Å². The van der Waals surface area contributed by atoms with Crippen LogP contribution in [0.1, 0.15) is 40.0 Å². The van der Waals surface area contributed by atoms with Crippen LogP contribution in [0.5, 0.6) is 0 Å². The summed E-state index contributed by atoms with van der Waals surface area (Å²) in [5.74, 6) is -0.0902. The highest BCUT2D eigenvalue weighted by molar-refractivity contribution is 5.78. The molecule has 0 saturated heterocycles. The molecule has 3 atom stereocenters. The van der Waals surface area contributed by atoms with E-state index in [1.54, 1.807) is 27.8 Å². The van der Waals surface area contributed by atoms with Crippen LogP contribution >= 0.6 is 0 Å². The molecule has 1 fully saturated rings. The van der Waals surface area contributed by atoms with Gasteiger partial charge in [0, 0.05) is 25.0 Å². The molecule has 0 spiro atoms. The van der Waals surface area contributed by atoms with Crippen molar-refractivity contribution in [2.24, 2.45) is 11.7 Å². The molecule has 0 unspecified atom stereocenters. The fraction of sp³-hybridized carbons (Fsp3) is 0.846. The molecular formula is C13H25N3O3. The predicted molar refractivity (Wildman–Crippen MR) is 72.5 cm³/mol. The largest absolute Gasteiger partial charge is 0.444 e. The third-order valence-electron chi connectivity index (χ3n) is 3.22. The number of rotatable bonds is 2. The summed E-state index contributed by atoms with van der Waals surface area (Å²) in [4.78, 5) is 23.4. The minimum atomic E-state index is -0.539. The molecule has 0 bridgehead atoms. The van der Waals surface area contributed by atoms with Crippen molar-refractivity contribution >= 4 is 12.0 Å². The Morgan fingerprint density at radius 1 is 1.26 bits per heavy atom. The molecule has 19 heavy (non-hydrogen) atoms. The second-order valence-corrected chi connectivity index (χ2v) is 6.04. The summed E-state index contributed by atoms with van der Waals surface area (Å²) in [5.41, 5.74) is 5.45. The quantitative estimate of drug-likeness (QED) is 0.691. The van der Waals surface area contributed by atoms with E-state index in [-0.39, 0.29) is 23.9 Å². The van der Waals surface area contributed by atoms with Gasteiger partial charge < -0.3 is 21.1 Å². The summed E-state index contributed by atoms with van der Waals surface area (Å²) in [5, 5.41) is 5.41. The molecule has 1 rings (SSSR count). The van der Waals surface area contributed by atoms with E-state index in [9.17, 15) is 9.59 Å². The lowest BCUT2D eigenvalue weighted by molar-refractivity contribution is -0.125. The average Bonchev–Trinajstić information content (AvgIpc) is 2.28. The summed E-state index contributed by atoms with van der Waals surface area (Å²) < 4.78 is 5.20. The number of hydrogen-bond acceptors (Lipinski definition) is 4. The third-order valence-corrected chi connectivity index (χ3v) is 3.22. The number of carbonyl (C=O) groups is 2. The molecule has 0 radical (unpaired) electrons. The van der Waals surface area contributed by atoms with E-state index in [1.807, 2.05) is 0 Å². The van der Waals surface area contributed by atoms with Crippen LogP contribution in [0.15, 0.2) is 0 Å². The number of alkyl carbamates (subject to hydrolysis) is 1. The van der Waals surface area contributed by atoms with Crippen molar-refractivity contribution in [1.82, 2.24) is 10.6 Å². The first-order chi connectivity index (χ1) is 8.73. The van der Waals surface area contributed by atoms with Crippen LogP contribution < -0.4 is 16.4 Å². The summed E-state index contributed by atoms with van der Waals surface area (Å²) in [6, 6.07) is -0.348. The zero-order valence-corrected chi connectivity index (χ0v) is 12.2. The monoisotopic (exact) mass is 271 g/mol. The smallest absolute Gasteiger partial charge is 0.407 e. The van der Waals surface area contributed by atoms with Crippen LogP contribution in [0.3, 0.4) is 0 Å². The van der Waals surface area contributed by atoms with Gasteiger partial charge in [0.15, 0.2) is 0 Å². The van der Waals surface area contributed by atoms with E-state index in [0.29, 0.717) is 6.42 Å². The summed E-state index contributed by atoms with van der Waals surface area (Å²) in [7, 11) is 1.62. The van der Waals surface area contributed by atoms with E-state index in [2.05, 4.69) is 10.6 Å². The zero-order chi connectivity index (χ0) is 14.6. The molecule has 1 saturated carbocycles. The van der Waals surface area contributed by atoms with Gasteiger partial charge in [0.25, 0.3) is 0 Å². The van der Waals surface area contributed by atoms with Crippen LogP contribution in [0.25, 0.3) is 0 Å². The number of ether oxygens (including phenoxy) is 1. The van der Waals surface area contributed by atoms with Gasteiger partial charge in [-0.1, -0.05) is 0 Å². The van der Waals surface area contributed by atoms with Gasteiger partial charge in [0.1, 0.15) is 5.60 Å². The first kappa shape index (κ1) is 15.8.